The van der Waals surface area contributed by atoms with E-state index in [1.165, 1.54) is 0 Å². The van der Waals surface area contributed by atoms with Crippen LogP contribution in [0, 0.1) is 0 Å². The largest absolute Gasteiger partial charge is 0.493 e. The Morgan fingerprint density at radius 2 is 1.62 bits per heavy atom. The van der Waals surface area contributed by atoms with Crippen LogP contribution in [0.3, 0.4) is 0 Å². The maximum absolute atomic E-state index is 5.53. The zero-order valence-corrected chi connectivity index (χ0v) is 19.0. The van der Waals surface area contributed by atoms with Crippen LogP contribution in [0.15, 0.2) is 42.5 Å². The Hall–Kier alpha value is -3.81. The van der Waals surface area contributed by atoms with Gasteiger partial charge >= 0.3 is 0 Å². The molecule has 4 aromatic rings. The van der Waals surface area contributed by atoms with Gasteiger partial charge in [0.15, 0.2) is 23.1 Å². The molecule has 0 aliphatic heterocycles. The van der Waals surface area contributed by atoms with E-state index in [1.807, 2.05) is 54.2 Å². The number of para-hydroxylation sites is 1. The van der Waals surface area contributed by atoms with E-state index < -0.39 is 0 Å². The highest BCUT2D eigenvalue weighted by Gasteiger charge is 2.20. The molecule has 8 heteroatoms. The zero-order chi connectivity index (χ0) is 22.7. The third-order valence-electron chi connectivity index (χ3n) is 5.20. The van der Waals surface area contributed by atoms with Crippen LogP contribution in [0.5, 0.6) is 17.2 Å². The third-order valence-corrected chi connectivity index (χ3v) is 5.20. The van der Waals surface area contributed by atoms with Crippen LogP contribution in [0.25, 0.3) is 22.4 Å². The second-order valence-electron chi connectivity index (χ2n) is 7.32. The Kier molecular flexibility index (Phi) is 6.11. The Balaban J connectivity index is 1.95. The summed E-state index contributed by atoms with van der Waals surface area (Å²) in [5.41, 5.74) is 4.31. The molecule has 166 valence electrons. The molecule has 0 radical (unpaired) electrons. The average Bonchev–Trinajstić information content (AvgIpc) is 3.14. The fourth-order valence-electron chi connectivity index (χ4n) is 3.73. The Bertz CT molecular complexity index is 1210. The van der Waals surface area contributed by atoms with Crippen molar-refractivity contribution in [3.05, 3.63) is 48.2 Å². The number of anilines is 2. The molecule has 32 heavy (non-hydrogen) atoms. The highest BCUT2D eigenvalue weighted by atomic mass is 16.5. The molecule has 0 aliphatic rings. The number of hydrogen-bond donors (Lipinski definition) is 1. The van der Waals surface area contributed by atoms with Gasteiger partial charge in [-0.05, 0) is 30.7 Å². The Labute approximate surface area is 187 Å². The predicted octanol–water partition coefficient (Wildman–Crippen LogP) is 4.75. The highest BCUT2D eigenvalue weighted by molar-refractivity contribution is 5.91. The molecule has 2 heterocycles. The van der Waals surface area contributed by atoms with Crippen molar-refractivity contribution in [1.29, 1.82) is 0 Å². The van der Waals surface area contributed by atoms with Crippen LogP contribution in [0.1, 0.15) is 19.0 Å². The van der Waals surface area contributed by atoms with Gasteiger partial charge < -0.3 is 19.5 Å². The quantitative estimate of drug-likeness (QED) is 0.429. The number of hydrogen-bond acceptors (Lipinski definition) is 7. The molecule has 8 nitrogen and oxygen atoms in total. The van der Waals surface area contributed by atoms with E-state index in [4.69, 9.17) is 29.3 Å². The SMILES string of the molecule is CCCc1nn(C)c2c(Nc3ccccc3)nc(-c3cc(OC)c(OC)c(OC)c3)nc12. The number of rotatable bonds is 8. The van der Waals surface area contributed by atoms with E-state index in [1.54, 1.807) is 21.3 Å². The molecule has 1 N–H and O–H groups in total. The molecule has 0 fully saturated rings. The van der Waals surface area contributed by atoms with Crippen molar-refractivity contribution in [2.75, 3.05) is 26.6 Å². The summed E-state index contributed by atoms with van der Waals surface area (Å²) in [7, 11) is 6.68. The predicted molar refractivity (Wildman–Crippen MR) is 125 cm³/mol. The fourth-order valence-corrected chi connectivity index (χ4v) is 3.73. The van der Waals surface area contributed by atoms with Crippen molar-refractivity contribution in [3.8, 4) is 28.6 Å². The molecule has 0 amide bonds. The normalized spacial score (nSPS) is 10.9. The second kappa shape index (κ2) is 9.13. The second-order valence-corrected chi connectivity index (χ2v) is 7.32. The molecule has 0 bridgehead atoms. The molecule has 0 saturated heterocycles. The average molecular weight is 434 g/mol. The highest BCUT2D eigenvalue weighted by Crippen LogP contribution is 2.41. The van der Waals surface area contributed by atoms with Gasteiger partial charge in [0.1, 0.15) is 11.0 Å². The molecule has 0 saturated carbocycles. The van der Waals surface area contributed by atoms with E-state index in [0.29, 0.717) is 28.9 Å². The summed E-state index contributed by atoms with van der Waals surface area (Å²) < 4.78 is 18.4. The van der Waals surface area contributed by atoms with Crippen molar-refractivity contribution < 1.29 is 14.2 Å². The van der Waals surface area contributed by atoms with Crippen LogP contribution < -0.4 is 19.5 Å². The smallest absolute Gasteiger partial charge is 0.203 e. The minimum Gasteiger partial charge on any atom is -0.493 e. The number of aromatic nitrogens is 4. The van der Waals surface area contributed by atoms with E-state index in [-0.39, 0.29) is 0 Å². The molecule has 0 unspecified atom stereocenters. The maximum atomic E-state index is 5.53. The molecule has 0 atom stereocenters. The van der Waals surface area contributed by atoms with Crippen molar-refractivity contribution in [2.24, 2.45) is 7.05 Å². The number of ether oxygens (including phenoxy) is 3. The van der Waals surface area contributed by atoms with E-state index in [0.717, 1.165) is 40.8 Å². The van der Waals surface area contributed by atoms with Gasteiger partial charge in [-0.1, -0.05) is 31.5 Å². The summed E-state index contributed by atoms with van der Waals surface area (Å²) in [5, 5.41) is 8.15. The maximum Gasteiger partial charge on any atom is 0.203 e. The number of aryl methyl sites for hydroxylation is 2. The molecule has 0 aliphatic carbocycles. The molecule has 0 spiro atoms. The van der Waals surface area contributed by atoms with Crippen LogP contribution in [0.4, 0.5) is 11.5 Å². The molecular weight excluding hydrogens is 406 g/mol. The van der Waals surface area contributed by atoms with Crippen LogP contribution in [0.2, 0.25) is 0 Å². The lowest BCUT2D eigenvalue weighted by Crippen LogP contribution is -2.02. The lowest BCUT2D eigenvalue weighted by atomic mass is 10.1. The lowest BCUT2D eigenvalue weighted by molar-refractivity contribution is 0.324. The summed E-state index contributed by atoms with van der Waals surface area (Å²) in [6.07, 6.45) is 1.80. The van der Waals surface area contributed by atoms with Gasteiger partial charge in [0.2, 0.25) is 5.75 Å². The van der Waals surface area contributed by atoms with Gasteiger partial charge in [-0.3, -0.25) is 4.68 Å². The first-order valence-electron chi connectivity index (χ1n) is 10.5. The van der Waals surface area contributed by atoms with Crippen molar-refractivity contribution >= 4 is 22.5 Å². The Morgan fingerprint density at radius 3 is 2.22 bits per heavy atom. The van der Waals surface area contributed by atoms with Gasteiger partial charge in [0.05, 0.1) is 27.0 Å². The number of benzene rings is 2. The Morgan fingerprint density at radius 1 is 0.938 bits per heavy atom. The summed E-state index contributed by atoms with van der Waals surface area (Å²) in [4.78, 5) is 9.78. The monoisotopic (exact) mass is 433 g/mol. The van der Waals surface area contributed by atoms with E-state index in [9.17, 15) is 0 Å². The van der Waals surface area contributed by atoms with Gasteiger partial charge in [-0.2, -0.15) is 5.10 Å². The third kappa shape index (κ3) is 3.91. The van der Waals surface area contributed by atoms with Crippen LogP contribution in [-0.4, -0.2) is 41.1 Å². The standard InChI is InChI=1S/C24H27N5O3/c1-6-10-17-20-21(29(2)28-17)24(25-16-11-8-7-9-12-16)27-23(26-20)15-13-18(30-3)22(32-5)19(14-15)31-4/h7-9,11-14H,6,10H2,1-5H3,(H,25,26,27). The van der Waals surface area contributed by atoms with Gasteiger partial charge in [0.25, 0.3) is 0 Å². The van der Waals surface area contributed by atoms with Crippen molar-refractivity contribution in [1.82, 2.24) is 19.7 Å². The van der Waals surface area contributed by atoms with Gasteiger partial charge in [0, 0.05) is 18.3 Å². The molecule has 4 rings (SSSR count). The van der Waals surface area contributed by atoms with Gasteiger partial charge in [-0.25, -0.2) is 9.97 Å². The van der Waals surface area contributed by atoms with Crippen molar-refractivity contribution in [2.45, 2.75) is 19.8 Å². The fraction of sp³-hybridized carbons (Fsp3) is 0.292. The van der Waals surface area contributed by atoms with Crippen LogP contribution >= 0.6 is 0 Å². The first kappa shape index (κ1) is 21.4. The summed E-state index contributed by atoms with van der Waals surface area (Å²) in [6.45, 7) is 2.13. The topological polar surface area (TPSA) is 83.3 Å². The summed E-state index contributed by atoms with van der Waals surface area (Å²) >= 11 is 0. The number of methoxy groups -OCH3 is 3. The van der Waals surface area contributed by atoms with Crippen LogP contribution in [-0.2, 0) is 13.5 Å². The molecule has 2 aromatic carbocycles. The number of nitrogens with zero attached hydrogens (tertiary/aromatic N) is 4. The minimum atomic E-state index is 0.524. The minimum absolute atomic E-state index is 0.524. The first-order valence-corrected chi connectivity index (χ1v) is 10.5. The summed E-state index contributed by atoms with van der Waals surface area (Å²) in [6, 6.07) is 13.6. The summed E-state index contributed by atoms with van der Waals surface area (Å²) in [5.74, 6) is 2.84. The zero-order valence-electron chi connectivity index (χ0n) is 19.0. The first-order chi connectivity index (χ1) is 15.6. The van der Waals surface area contributed by atoms with E-state index >= 15 is 0 Å². The lowest BCUT2D eigenvalue weighted by Gasteiger charge is -2.14. The number of nitrogens with one attached hydrogen (secondary N) is 1. The van der Waals surface area contributed by atoms with Crippen molar-refractivity contribution in [3.63, 3.8) is 0 Å². The molecule has 2 aromatic heterocycles. The van der Waals surface area contributed by atoms with E-state index in [2.05, 4.69) is 12.2 Å². The molecular formula is C24H27N5O3. The van der Waals surface area contributed by atoms with Gasteiger partial charge in [-0.15, -0.1) is 0 Å². The number of fused-ring (bicyclic) bond motifs is 1.